The van der Waals surface area contributed by atoms with Gasteiger partial charge in [0, 0.05) is 19.5 Å². The maximum Gasteiger partial charge on any atom is 0.0449 e. The molecule has 0 nitrogen and oxygen atoms in total. The van der Waals surface area contributed by atoms with E-state index in [1.807, 2.05) is 22.7 Å². The smallest absolute Gasteiger partial charge is 0.0449 e. The highest BCUT2D eigenvalue weighted by atomic mass is 32.1. The van der Waals surface area contributed by atoms with Crippen LogP contribution in [0.25, 0.3) is 107 Å². The maximum atomic E-state index is 2.43. The third-order valence-corrected chi connectivity index (χ3v) is 13.6. The molecule has 262 valence electrons. The third-order valence-electron chi connectivity index (χ3n) is 11.1. The summed E-state index contributed by atoms with van der Waals surface area (Å²) < 4.78 is 0. The van der Waals surface area contributed by atoms with E-state index in [1.54, 1.807) is 0 Å². The number of thiophene rings is 2. The number of rotatable bonds is 6. The largest absolute Gasteiger partial charge is 0.134 e. The van der Waals surface area contributed by atoms with Crippen molar-refractivity contribution in [3.05, 3.63) is 206 Å². The second kappa shape index (κ2) is 13.6. The molecule has 2 heterocycles. The summed E-state index contributed by atoms with van der Waals surface area (Å²) in [5.74, 6) is 0. The van der Waals surface area contributed by atoms with Crippen molar-refractivity contribution in [3.8, 4) is 64.0 Å². The molecule has 0 radical (unpaired) electrons. The lowest BCUT2D eigenvalue weighted by Gasteiger charge is -2.19. The van der Waals surface area contributed by atoms with E-state index in [0.717, 1.165) is 0 Å². The molecule has 0 amide bonds. The standard InChI is InChI=1S/C54H34S2/c1-2-12-38(13-3-1)49-28-30-51(55-49)52-31-29-50(56-52)39-22-18-37(19-23-39)42-26-27-47-48(34-42)54(44-25-21-36-11-5-7-15-41(36)33-44)46-17-9-8-16-45(46)53(47)43-24-20-35-10-4-6-14-40(35)32-43/h1-34H. The lowest BCUT2D eigenvalue weighted by molar-refractivity contribution is 1.63. The van der Waals surface area contributed by atoms with Crippen molar-refractivity contribution in [1.82, 2.24) is 0 Å². The molecule has 0 N–H and O–H groups in total. The minimum absolute atomic E-state index is 1.21. The van der Waals surface area contributed by atoms with Gasteiger partial charge in [0.25, 0.3) is 0 Å². The highest BCUT2D eigenvalue weighted by molar-refractivity contribution is 7.25. The third kappa shape index (κ3) is 5.74. The molecule has 2 aromatic heterocycles. The van der Waals surface area contributed by atoms with Crippen molar-refractivity contribution in [2.75, 3.05) is 0 Å². The van der Waals surface area contributed by atoms with E-state index < -0.39 is 0 Å². The van der Waals surface area contributed by atoms with Crippen molar-refractivity contribution in [2.24, 2.45) is 0 Å². The van der Waals surface area contributed by atoms with Gasteiger partial charge in [0.15, 0.2) is 0 Å². The lowest BCUT2D eigenvalue weighted by Crippen LogP contribution is -1.92. The molecule has 0 fully saturated rings. The Morgan fingerprint density at radius 1 is 0.214 bits per heavy atom. The molecule has 0 aliphatic rings. The molecule has 0 saturated heterocycles. The molecular formula is C54H34S2. The molecule has 0 saturated carbocycles. The van der Waals surface area contributed by atoms with E-state index in [-0.39, 0.29) is 0 Å². The first-order chi connectivity index (χ1) is 27.7. The highest BCUT2D eigenvalue weighted by Crippen LogP contribution is 2.46. The van der Waals surface area contributed by atoms with Gasteiger partial charge in [-0.05, 0) is 130 Å². The molecule has 0 unspecified atom stereocenters. The van der Waals surface area contributed by atoms with Gasteiger partial charge in [0.2, 0.25) is 0 Å². The predicted molar refractivity (Wildman–Crippen MR) is 245 cm³/mol. The van der Waals surface area contributed by atoms with Gasteiger partial charge in [-0.25, -0.2) is 0 Å². The maximum absolute atomic E-state index is 2.43. The summed E-state index contributed by atoms with van der Waals surface area (Å²) in [5.41, 5.74) is 9.97. The quantitative estimate of drug-likeness (QED) is 0.149. The SMILES string of the molecule is c1ccc(-c2ccc(-c3ccc(-c4ccc(-c5ccc6c(-c7ccc8ccccc8c7)c7ccccc7c(-c7ccc8ccccc8c7)c6c5)cc4)s3)s2)cc1. The summed E-state index contributed by atoms with van der Waals surface area (Å²) in [5, 5.41) is 10.1. The van der Waals surface area contributed by atoms with Crippen molar-refractivity contribution in [3.63, 3.8) is 0 Å². The summed E-state index contributed by atoms with van der Waals surface area (Å²) in [7, 11) is 0. The number of hydrogen-bond donors (Lipinski definition) is 0. The van der Waals surface area contributed by atoms with Crippen molar-refractivity contribution >= 4 is 65.8 Å². The predicted octanol–water partition coefficient (Wildman–Crippen LogP) is 16.4. The number of benzene rings is 9. The number of fused-ring (bicyclic) bond motifs is 4. The van der Waals surface area contributed by atoms with E-state index in [4.69, 9.17) is 0 Å². The summed E-state index contributed by atoms with van der Waals surface area (Å²) in [4.78, 5) is 5.20. The van der Waals surface area contributed by atoms with Crippen LogP contribution in [0.5, 0.6) is 0 Å². The van der Waals surface area contributed by atoms with E-state index in [9.17, 15) is 0 Å². The zero-order valence-corrected chi connectivity index (χ0v) is 32.1. The van der Waals surface area contributed by atoms with E-state index >= 15 is 0 Å². The topological polar surface area (TPSA) is 0 Å². The Morgan fingerprint density at radius 2 is 0.625 bits per heavy atom. The van der Waals surface area contributed by atoms with E-state index in [0.29, 0.717) is 0 Å². The Bertz CT molecular complexity index is 3240. The van der Waals surface area contributed by atoms with E-state index in [2.05, 4.69) is 206 Å². The Kier molecular flexibility index (Phi) is 7.98. The van der Waals surface area contributed by atoms with Crippen LogP contribution in [-0.2, 0) is 0 Å². The van der Waals surface area contributed by atoms with Crippen molar-refractivity contribution in [1.29, 1.82) is 0 Å². The Hall–Kier alpha value is -6.58. The summed E-state index contributed by atoms with van der Waals surface area (Å²) in [6, 6.07) is 76.0. The minimum Gasteiger partial charge on any atom is -0.134 e. The van der Waals surface area contributed by atoms with Crippen LogP contribution in [0.1, 0.15) is 0 Å². The van der Waals surface area contributed by atoms with Crippen molar-refractivity contribution in [2.45, 2.75) is 0 Å². The van der Waals surface area contributed by atoms with Crippen LogP contribution in [0.3, 0.4) is 0 Å². The van der Waals surface area contributed by atoms with Gasteiger partial charge in [-0.15, -0.1) is 22.7 Å². The fraction of sp³-hybridized carbons (Fsp3) is 0. The first-order valence-corrected chi connectivity index (χ1v) is 20.7. The van der Waals surface area contributed by atoms with Crippen LogP contribution in [0.15, 0.2) is 206 Å². The second-order valence-electron chi connectivity index (χ2n) is 14.5. The average molecular weight is 747 g/mol. The minimum atomic E-state index is 1.21. The monoisotopic (exact) mass is 746 g/mol. The molecule has 11 rings (SSSR count). The molecule has 56 heavy (non-hydrogen) atoms. The normalized spacial score (nSPS) is 11.6. The lowest BCUT2D eigenvalue weighted by atomic mass is 9.84. The van der Waals surface area contributed by atoms with Gasteiger partial charge >= 0.3 is 0 Å². The van der Waals surface area contributed by atoms with Crippen LogP contribution in [-0.4, -0.2) is 0 Å². The average Bonchev–Trinajstić information content (AvgIpc) is 3.97. The molecule has 0 aliphatic heterocycles. The second-order valence-corrected chi connectivity index (χ2v) is 16.6. The fourth-order valence-corrected chi connectivity index (χ4v) is 10.5. The van der Waals surface area contributed by atoms with Gasteiger partial charge < -0.3 is 0 Å². The van der Waals surface area contributed by atoms with Crippen LogP contribution in [0, 0.1) is 0 Å². The van der Waals surface area contributed by atoms with E-state index in [1.165, 1.54) is 107 Å². The molecule has 9 aromatic carbocycles. The Morgan fingerprint density at radius 3 is 1.21 bits per heavy atom. The molecule has 0 aliphatic carbocycles. The van der Waals surface area contributed by atoms with Crippen molar-refractivity contribution < 1.29 is 0 Å². The van der Waals surface area contributed by atoms with Gasteiger partial charge in [0.05, 0.1) is 0 Å². The Balaban J connectivity index is 1.04. The summed E-state index contributed by atoms with van der Waals surface area (Å²) in [6.45, 7) is 0. The molecule has 11 aromatic rings. The van der Waals surface area contributed by atoms with Crippen LogP contribution in [0.2, 0.25) is 0 Å². The molecule has 0 atom stereocenters. The van der Waals surface area contributed by atoms with Crippen LogP contribution >= 0.6 is 22.7 Å². The first kappa shape index (κ1) is 32.8. The molecular weight excluding hydrogens is 713 g/mol. The first-order valence-electron chi connectivity index (χ1n) is 19.1. The molecule has 0 spiro atoms. The summed E-state index contributed by atoms with van der Waals surface area (Å²) >= 11 is 3.72. The summed E-state index contributed by atoms with van der Waals surface area (Å²) in [6.07, 6.45) is 0. The van der Waals surface area contributed by atoms with Crippen LogP contribution < -0.4 is 0 Å². The van der Waals surface area contributed by atoms with Gasteiger partial charge in [-0.2, -0.15) is 0 Å². The molecule has 0 bridgehead atoms. The zero-order chi connectivity index (χ0) is 37.0. The fourth-order valence-electron chi connectivity index (χ4n) is 8.35. The van der Waals surface area contributed by atoms with Gasteiger partial charge in [0.1, 0.15) is 0 Å². The van der Waals surface area contributed by atoms with Gasteiger partial charge in [-0.1, -0.05) is 164 Å². The van der Waals surface area contributed by atoms with Gasteiger partial charge in [-0.3, -0.25) is 0 Å². The zero-order valence-electron chi connectivity index (χ0n) is 30.4. The number of hydrogen-bond acceptors (Lipinski definition) is 2. The highest BCUT2D eigenvalue weighted by Gasteiger charge is 2.18. The molecule has 2 heteroatoms. The Labute approximate surface area is 334 Å². The van der Waals surface area contributed by atoms with Crippen LogP contribution in [0.4, 0.5) is 0 Å².